The van der Waals surface area contributed by atoms with Crippen molar-refractivity contribution in [2.24, 2.45) is 0 Å². The van der Waals surface area contributed by atoms with Crippen LogP contribution in [0, 0.1) is 17.5 Å². The van der Waals surface area contributed by atoms with Gasteiger partial charge in [-0.15, -0.1) is 35.9 Å². The maximum atomic E-state index is 4.76. The molecule has 0 nitrogen and oxygen atoms in total. The summed E-state index contributed by atoms with van der Waals surface area (Å²) in [4.78, 5) is 0. The summed E-state index contributed by atoms with van der Waals surface area (Å²) in [5.74, 6) is 3.14. The standard InChI is InChI=1S/C11H13Si.ClH.Zn/c1-12(2,3)10-9-11-7-5-4-6-8-11;;/h4-7H,1-3H3;1H;/q-1;;+2/p-1. The Labute approximate surface area is 102 Å². The average molecular weight is 274 g/mol. The zero-order valence-corrected chi connectivity index (χ0v) is 13.6. The minimum atomic E-state index is -1.22. The average Bonchev–Trinajstić information content (AvgIpc) is 2.19. The van der Waals surface area contributed by atoms with Gasteiger partial charge < -0.3 is 0 Å². The summed E-state index contributed by atoms with van der Waals surface area (Å²) in [5, 5.41) is 0. The first-order chi connectivity index (χ1) is 6.58. The molecule has 0 aliphatic rings. The van der Waals surface area contributed by atoms with Crippen LogP contribution >= 0.6 is 9.69 Å². The molecule has 0 amide bonds. The van der Waals surface area contributed by atoms with E-state index in [1.54, 1.807) is 0 Å². The molecule has 0 bridgehead atoms. The molecule has 3 heteroatoms. The second kappa shape index (κ2) is 7.23. The van der Waals surface area contributed by atoms with Gasteiger partial charge in [-0.05, 0) is 0 Å². The molecule has 0 aromatic heterocycles. The molecule has 1 aromatic rings. The van der Waals surface area contributed by atoms with Gasteiger partial charge in [0.05, 0.1) is 0 Å². The Bertz CT molecular complexity index is 306. The van der Waals surface area contributed by atoms with Gasteiger partial charge in [0.15, 0.2) is 0 Å². The fraction of sp³-hybridized carbons (Fsp3) is 0.273. The second-order valence-corrected chi connectivity index (χ2v) is 8.53. The molecule has 1 aromatic carbocycles. The Balaban J connectivity index is 0.000000791. The summed E-state index contributed by atoms with van der Waals surface area (Å²) >= 11 is 0.847. The summed E-state index contributed by atoms with van der Waals surface area (Å²) in [6.07, 6.45) is 0. The third-order valence-electron chi connectivity index (χ3n) is 1.28. The van der Waals surface area contributed by atoms with Crippen LogP contribution in [0.4, 0.5) is 0 Å². The van der Waals surface area contributed by atoms with Gasteiger partial charge in [0, 0.05) is 0 Å². The van der Waals surface area contributed by atoms with E-state index in [1.165, 1.54) is 0 Å². The molecule has 1 rings (SSSR count). The van der Waals surface area contributed by atoms with E-state index >= 15 is 0 Å². The van der Waals surface area contributed by atoms with Crippen molar-refractivity contribution in [3.05, 3.63) is 35.9 Å². The van der Waals surface area contributed by atoms with Gasteiger partial charge in [0.25, 0.3) is 0 Å². The van der Waals surface area contributed by atoms with Crippen molar-refractivity contribution in [1.82, 2.24) is 0 Å². The molecule has 0 spiro atoms. The van der Waals surface area contributed by atoms with E-state index in [1.807, 2.05) is 24.3 Å². The van der Waals surface area contributed by atoms with Crippen LogP contribution < -0.4 is 0 Å². The zero-order chi connectivity index (χ0) is 11.0. The van der Waals surface area contributed by atoms with E-state index in [0.717, 1.165) is 22.9 Å². The third kappa shape index (κ3) is 7.33. The first-order valence-corrected chi connectivity index (χ1v) is 11.7. The summed E-state index contributed by atoms with van der Waals surface area (Å²) in [6, 6.07) is 10.9. The van der Waals surface area contributed by atoms with Crippen LogP contribution in [0.5, 0.6) is 0 Å². The van der Waals surface area contributed by atoms with E-state index < -0.39 is 8.07 Å². The van der Waals surface area contributed by atoms with Crippen molar-refractivity contribution < 1.29 is 17.3 Å². The molecule has 0 N–H and O–H groups in total. The fourth-order valence-electron chi connectivity index (χ4n) is 0.726. The summed E-state index contributed by atoms with van der Waals surface area (Å²) in [5.41, 5.74) is 4.30. The summed E-state index contributed by atoms with van der Waals surface area (Å²) in [7, 11) is 3.54. The van der Waals surface area contributed by atoms with Crippen LogP contribution in [0.15, 0.2) is 24.3 Å². The Kier molecular flexibility index (Phi) is 7.19. The molecule has 0 heterocycles. The Morgan fingerprint density at radius 3 is 2.36 bits per heavy atom. The molecule has 0 radical (unpaired) electrons. The molecule has 0 aliphatic carbocycles. The van der Waals surface area contributed by atoms with Crippen LogP contribution in [-0.2, 0) is 17.3 Å². The number of hydrogen-bond donors (Lipinski definition) is 0. The van der Waals surface area contributed by atoms with Crippen molar-refractivity contribution in [1.29, 1.82) is 0 Å². The minimum absolute atomic E-state index is 0.847. The number of benzene rings is 1. The molecule has 14 heavy (non-hydrogen) atoms. The fourth-order valence-corrected chi connectivity index (χ4v) is 1.24. The first kappa shape index (κ1) is 13.9. The van der Waals surface area contributed by atoms with Crippen LogP contribution in [0.2, 0.25) is 19.6 Å². The van der Waals surface area contributed by atoms with E-state index in [-0.39, 0.29) is 0 Å². The SMILES string of the molecule is C[Si](C)(C)C#Cc1[c-]cccc1.[Cl][Zn+]. The topological polar surface area (TPSA) is 0 Å². The van der Waals surface area contributed by atoms with E-state index in [2.05, 4.69) is 37.2 Å². The molecular weight excluding hydrogens is 261 g/mol. The van der Waals surface area contributed by atoms with E-state index in [0.29, 0.717) is 0 Å². The van der Waals surface area contributed by atoms with Gasteiger partial charge in [0.2, 0.25) is 0 Å². The van der Waals surface area contributed by atoms with Crippen molar-refractivity contribution in [3.63, 3.8) is 0 Å². The first-order valence-electron chi connectivity index (χ1n) is 4.34. The van der Waals surface area contributed by atoms with E-state index in [4.69, 9.17) is 9.69 Å². The molecular formula is C11H13ClSiZn. The Hall–Kier alpha value is -0.0897. The van der Waals surface area contributed by atoms with Gasteiger partial charge >= 0.3 is 27.0 Å². The summed E-state index contributed by atoms with van der Waals surface area (Å²) < 4.78 is 0. The van der Waals surface area contributed by atoms with Gasteiger partial charge in [0.1, 0.15) is 8.07 Å². The normalized spacial score (nSPS) is 9.29. The predicted octanol–water partition coefficient (Wildman–Crippen LogP) is 3.40. The summed E-state index contributed by atoms with van der Waals surface area (Å²) in [6.45, 7) is 6.72. The number of rotatable bonds is 0. The molecule has 0 fully saturated rings. The number of hydrogen-bond acceptors (Lipinski definition) is 0. The predicted molar refractivity (Wildman–Crippen MR) is 61.4 cm³/mol. The van der Waals surface area contributed by atoms with Gasteiger partial charge in [-0.1, -0.05) is 19.6 Å². The van der Waals surface area contributed by atoms with Crippen molar-refractivity contribution in [3.8, 4) is 11.5 Å². The van der Waals surface area contributed by atoms with Gasteiger partial charge in [-0.3, -0.25) is 0 Å². The molecule has 0 saturated carbocycles. The monoisotopic (exact) mass is 272 g/mol. The van der Waals surface area contributed by atoms with Crippen LogP contribution in [0.3, 0.4) is 0 Å². The van der Waals surface area contributed by atoms with Crippen molar-refractivity contribution >= 4 is 17.8 Å². The maximum absolute atomic E-state index is 4.76. The van der Waals surface area contributed by atoms with Gasteiger partial charge in [-0.25, -0.2) is 0 Å². The van der Waals surface area contributed by atoms with Crippen molar-refractivity contribution in [2.75, 3.05) is 0 Å². The zero-order valence-electron chi connectivity index (χ0n) is 8.89. The van der Waals surface area contributed by atoms with Gasteiger partial charge in [-0.2, -0.15) is 11.5 Å². The molecule has 70 valence electrons. The Morgan fingerprint density at radius 1 is 1.29 bits per heavy atom. The molecule has 0 saturated heterocycles. The van der Waals surface area contributed by atoms with E-state index in [9.17, 15) is 0 Å². The van der Waals surface area contributed by atoms with Crippen LogP contribution in [0.25, 0.3) is 0 Å². The molecule has 0 aliphatic heterocycles. The Morgan fingerprint density at radius 2 is 1.93 bits per heavy atom. The van der Waals surface area contributed by atoms with Crippen LogP contribution in [0.1, 0.15) is 5.56 Å². The quantitative estimate of drug-likeness (QED) is 0.386. The van der Waals surface area contributed by atoms with Crippen LogP contribution in [-0.4, -0.2) is 8.07 Å². The number of halogens is 1. The molecule has 0 unspecified atom stereocenters. The van der Waals surface area contributed by atoms with Crippen molar-refractivity contribution in [2.45, 2.75) is 19.6 Å². The second-order valence-electron chi connectivity index (χ2n) is 3.78. The molecule has 0 atom stereocenters. The third-order valence-corrected chi connectivity index (χ3v) is 2.16.